The van der Waals surface area contributed by atoms with Crippen molar-refractivity contribution in [2.75, 3.05) is 19.6 Å². The molecule has 0 spiro atoms. The second kappa shape index (κ2) is 6.03. The van der Waals surface area contributed by atoms with Crippen LogP contribution in [0.3, 0.4) is 0 Å². The van der Waals surface area contributed by atoms with Crippen molar-refractivity contribution >= 4 is 15.9 Å². The summed E-state index contributed by atoms with van der Waals surface area (Å²) in [5, 5.41) is 4.02. The van der Waals surface area contributed by atoms with Gasteiger partial charge in [-0.15, -0.1) is 0 Å². The lowest BCUT2D eigenvalue weighted by atomic mass is 10.2. The van der Waals surface area contributed by atoms with Crippen LogP contribution < -0.4 is 5.73 Å². The lowest BCUT2D eigenvalue weighted by molar-refractivity contribution is 0.306. The fraction of sp³-hybridized carbons (Fsp3) is 0.429. The van der Waals surface area contributed by atoms with E-state index in [9.17, 15) is 0 Å². The molecule has 2 aromatic rings. The molecule has 1 atom stereocenters. The van der Waals surface area contributed by atoms with Gasteiger partial charge in [-0.2, -0.15) is 4.98 Å². The smallest absolute Gasteiger partial charge is 0.259 e. The molecule has 5 nitrogen and oxygen atoms in total. The average Bonchev–Trinajstić information content (AvgIpc) is 3.10. The minimum atomic E-state index is -0.201. The van der Waals surface area contributed by atoms with Gasteiger partial charge in [0.2, 0.25) is 0 Å². The van der Waals surface area contributed by atoms with Gasteiger partial charge in [0.25, 0.3) is 5.89 Å². The third-order valence-corrected chi connectivity index (χ3v) is 4.22. The van der Waals surface area contributed by atoms with Crippen molar-refractivity contribution in [3.05, 3.63) is 34.6 Å². The first-order chi connectivity index (χ1) is 9.74. The van der Waals surface area contributed by atoms with Crippen LogP contribution in [0.4, 0.5) is 0 Å². The summed E-state index contributed by atoms with van der Waals surface area (Å²) in [5.74, 6) is 1.08. The van der Waals surface area contributed by atoms with E-state index in [4.69, 9.17) is 10.3 Å². The van der Waals surface area contributed by atoms with E-state index < -0.39 is 0 Å². The van der Waals surface area contributed by atoms with E-state index >= 15 is 0 Å². The zero-order valence-electron chi connectivity index (χ0n) is 11.1. The quantitative estimate of drug-likeness (QED) is 0.929. The number of benzene rings is 1. The van der Waals surface area contributed by atoms with Gasteiger partial charge in [0, 0.05) is 11.0 Å². The van der Waals surface area contributed by atoms with Crippen LogP contribution in [0.15, 0.2) is 33.3 Å². The average molecular weight is 337 g/mol. The Morgan fingerprint density at radius 2 is 2.05 bits per heavy atom. The number of hydrogen-bond donors (Lipinski definition) is 1. The van der Waals surface area contributed by atoms with Gasteiger partial charge in [-0.3, -0.25) is 0 Å². The van der Waals surface area contributed by atoms with E-state index in [2.05, 4.69) is 31.0 Å². The van der Waals surface area contributed by atoms with Crippen LogP contribution in [0.25, 0.3) is 11.5 Å². The highest BCUT2D eigenvalue weighted by Gasteiger charge is 2.20. The molecule has 1 unspecified atom stereocenters. The first-order valence-electron chi connectivity index (χ1n) is 6.80. The Morgan fingerprint density at radius 1 is 1.30 bits per heavy atom. The Labute approximate surface area is 126 Å². The number of rotatable bonds is 4. The summed E-state index contributed by atoms with van der Waals surface area (Å²) < 4.78 is 6.26. The fourth-order valence-corrected chi connectivity index (χ4v) is 2.91. The normalized spacial score (nSPS) is 17.5. The Bertz CT molecular complexity index is 580. The zero-order valence-corrected chi connectivity index (χ0v) is 12.7. The lowest BCUT2D eigenvalue weighted by Gasteiger charge is -2.17. The van der Waals surface area contributed by atoms with E-state index in [-0.39, 0.29) is 6.04 Å². The summed E-state index contributed by atoms with van der Waals surface area (Å²) in [4.78, 5) is 6.77. The molecule has 6 heteroatoms. The highest BCUT2D eigenvalue weighted by atomic mass is 79.9. The molecule has 1 saturated heterocycles. The first kappa shape index (κ1) is 13.7. The van der Waals surface area contributed by atoms with Crippen LogP contribution in [0.2, 0.25) is 0 Å². The number of nitrogens with zero attached hydrogens (tertiary/aromatic N) is 3. The van der Waals surface area contributed by atoms with Crippen LogP contribution in [0, 0.1) is 0 Å². The molecule has 0 bridgehead atoms. The van der Waals surface area contributed by atoms with Crippen LogP contribution in [-0.4, -0.2) is 34.7 Å². The van der Waals surface area contributed by atoms with Crippen LogP contribution in [0.1, 0.15) is 24.7 Å². The molecule has 2 N–H and O–H groups in total. The highest BCUT2D eigenvalue weighted by Crippen LogP contribution is 2.27. The molecule has 0 amide bonds. The highest BCUT2D eigenvalue weighted by molar-refractivity contribution is 9.10. The largest absolute Gasteiger partial charge is 0.334 e. The maximum absolute atomic E-state index is 6.17. The molecule has 1 aliphatic heterocycles. The van der Waals surface area contributed by atoms with Crippen molar-refractivity contribution in [2.45, 2.75) is 18.9 Å². The van der Waals surface area contributed by atoms with Crippen molar-refractivity contribution in [3.63, 3.8) is 0 Å². The van der Waals surface area contributed by atoms with Crippen LogP contribution in [-0.2, 0) is 0 Å². The molecule has 0 saturated carbocycles. The van der Waals surface area contributed by atoms with E-state index in [1.54, 1.807) is 0 Å². The molecule has 1 aromatic carbocycles. The maximum Gasteiger partial charge on any atom is 0.259 e. The number of halogens is 1. The second-order valence-electron chi connectivity index (χ2n) is 5.05. The van der Waals surface area contributed by atoms with Crippen molar-refractivity contribution in [3.8, 4) is 11.5 Å². The summed E-state index contributed by atoms with van der Waals surface area (Å²) >= 11 is 3.48. The standard InChI is InChI=1S/C14H17BrN4O/c15-11-6-2-1-5-10(11)14-17-13(18-20-14)12(16)9-19-7-3-4-8-19/h1-2,5-6,12H,3-4,7-9,16H2. The Morgan fingerprint density at radius 3 is 2.80 bits per heavy atom. The summed E-state index contributed by atoms with van der Waals surface area (Å²) in [7, 11) is 0. The monoisotopic (exact) mass is 336 g/mol. The summed E-state index contributed by atoms with van der Waals surface area (Å²) in [6.07, 6.45) is 2.50. The lowest BCUT2D eigenvalue weighted by Crippen LogP contribution is -2.30. The van der Waals surface area contributed by atoms with Gasteiger partial charge in [-0.05, 0) is 54.0 Å². The molecule has 20 heavy (non-hydrogen) atoms. The van der Waals surface area contributed by atoms with Gasteiger partial charge in [-0.25, -0.2) is 0 Å². The molecule has 2 heterocycles. The Balaban J connectivity index is 1.74. The maximum atomic E-state index is 6.17. The molecule has 0 radical (unpaired) electrons. The van der Waals surface area contributed by atoms with Crippen molar-refractivity contribution in [2.24, 2.45) is 5.73 Å². The molecular weight excluding hydrogens is 320 g/mol. The summed E-state index contributed by atoms with van der Waals surface area (Å²) in [5.41, 5.74) is 7.05. The van der Waals surface area contributed by atoms with Gasteiger partial charge < -0.3 is 15.2 Å². The molecule has 1 fully saturated rings. The fourth-order valence-electron chi connectivity index (χ4n) is 2.45. The third-order valence-electron chi connectivity index (χ3n) is 3.53. The van der Waals surface area contributed by atoms with Crippen molar-refractivity contribution in [1.29, 1.82) is 0 Å². The minimum Gasteiger partial charge on any atom is -0.334 e. The van der Waals surface area contributed by atoms with Gasteiger partial charge >= 0.3 is 0 Å². The molecule has 3 rings (SSSR count). The van der Waals surface area contributed by atoms with Gasteiger partial charge in [0.05, 0.1) is 11.6 Å². The SMILES string of the molecule is NC(CN1CCCC1)c1noc(-c2ccccc2Br)n1. The van der Waals surface area contributed by atoms with Crippen molar-refractivity contribution in [1.82, 2.24) is 15.0 Å². The number of hydrogen-bond acceptors (Lipinski definition) is 5. The topological polar surface area (TPSA) is 68.2 Å². The van der Waals surface area contributed by atoms with Gasteiger partial charge in [-0.1, -0.05) is 17.3 Å². The summed E-state index contributed by atoms with van der Waals surface area (Å²) in [6.45, 7) is 3.01. The number of likely N-dealkylation sites (tertiary alicyclic amines) is 1. The predicted molar refractivity (Wildman–Crippen MR) is 80.0 cm³/mol. The van der Waals surface area contributed by atoms with Gasteiger partial charge in [0.1, 0.15) is 0 Å². The predicted octanol–water partition coefficient (Wildman–Crippen LogP) is 2.59. The summed E-state index contributed by atoms with van der Waals surface area (Å²) in [6, 6.07) is 7.57. The first-order valence-corrected chi connectivity index (χ1v) is 7.60. The van der Waals surface area contributed by atoms with Crippen LogP contribution in [0.5, 0.6) is 0 Å². The van der Waals surface area contributed by atoms with Crippen molar-refractivity contribution < 1.29 is 4.52 Å². The van der Waals surface area contributed by atoms with E-state index in [1.807, 2.05) is 24.3 Å². The van der Waals surface area contributed by atoms with E-state index in [1.165, 1.54) is 12.8 Å². The molecule has 1 aliphatic rings. The van der Waals surface area contributed by atoms with Crippen LogP contribution >= 0.6 is 15.9 Å². The Kier molecular flexibility index (Phi) is 4.14. The molecule has 1 aromatic heterocycles. The molecule has 0 aliphatic carbocycles. The number of aromatic nitrogens is 2. The Hall–Kier alpha value is -1.24. The minimum absolute atomic E-state index is 0.201. The second-order valence-corrected chi connectivity index (χ2v) is 5.91. The number of nitrogens with two attached hydrogens (primary N) is 1. The van der Waals surface area contributed by atoms with E-state index in [0.29, 0.717) is 11.7 Å². The molecular formula is C14H17BrN4O. The van der Waals surface area contributed by atoms with E-state index in [0.717, 1.165) is 29.7 Å². The molecule has 106 valence electrons. The van der Waals surface area contributed by atoms with Gasteiger partial charge in [0.15, 0.2) is 5.82 Å². The third kappa shape index (κ3) is 2.92. The zero-order chi connectivity index (χ0) is 13.9.